The summed E-state index contributed by atoms with van der Waals surface area (Å²) in [6.45, 7) is 9.09. The Morgan fingerprint density at radius 1 is 1.24 bits per heavy atom. The lowest BCUT2D eigenvalue weighted by molar-refractivity contribution is -0.142. The lowest BCUT2D eigenvalue weighted by Crippen LogP contribution is -2.60. The van der Waals surface area contributed by atoms with Gasteiger partial charge in [0, 0.05) is 39.8 Å². The van der Waals surface area contributed by atoms with Gasteiger partial charge < -0.3 is 10.2 Å². The van der Waals surface area contributed by atoms with Crippen molar-refractivity contribution in [1.29, 1.82) is 0 Å². The summed E-state index contributed by atoms with van der Waals surface area (Å²) in [6.07, 6.45) is 5.62. The Morgan fingerprint density at radius 2 is 1.95 bits per heavy atom. The molecule has 2 aliphatic carbocycles. The molecule has 2 saturated carbocycles. The van der Waals surface area contributed by atoms with Gasteiger partial charge in [0.1, 0.15) is 0 Å². The van der Waals surface area contributed by atoms with Crippen LogP contribution in [0.2, 0.25) is 0 Å². The molecule has 4 heteroatoms. The predicted octanol–water partition coefficient (Wildman–Crippen LogP) is 1.56. The summed E-state index contributed by atoms with van der Waals surface area (Å²) in [5, 5.41) is 3.37. The molecule has 2 bridgehead atoms. The summed E-state index contributed by atoms with van der Waals surface area (Å²) in [5.41, 5.74) is -0.367. The Bertz CT molecular complexity index is 389. The largest absolute Gasteiger partial charge is 0.344 e. The van der Waals surface area contributed by atoms with Crippen molar-refractivity contribution in [2.45, 2.75) is 45.1 Å². The molecule has 0 spiro atoms. The number of hydrogen-bond acceptors (Lipinski definition) is 3. The molecule has 3 fully saturated rings. The molecule has 1 aliphatic heterocycles. The first kappa shape index (κ1) is 15.3. The fourth-order valence-electron chi connectivity index (χ4n) is 4.86. The number of hydrogen-bond donors (Lipinski definition) is 1. The van der Waals surface area contributed by atoms with Crippen molar-refractivity contribution in [2.24, 2.45) is 17.8 Å². The highest BCUT2D eigenvalue weighted by Crippen LogP contribution is 2.48. The van der Waals surface area contributed by atoms with Crippen LogP contribution in [0.1, 0.15) is 39.5 Å². The molecule has 1 amide bonds. The number of piperazine rings is 1. The van der Waals surface area contributed by atoms with Gasteiger partial charge in [-0.15, -0.1) is 0 Å². The van der Waals surface area contributed by atoms with Crippen molar-refractivity contribution in [2.75, 3.05) is 39.8 Å². The monoisotopic (exact) mass is 293 g/mol. The molecule has 1 saturated heterocycles. The maximum Gasteiger partial charge on any atom is 0.242 e. The molecule has 4 nitrogen and oxygen atoms in total. The average molecular weight is 293 g/mol. The first-order valence-electron chi connectivity index (χ1n) is 8.70. The SMILES string of the molecule is CN(CC1CC2CCC1C2)C(=O)C(C)(C)N1CCNCC1. The number of likely N-dealkylation sites (N-methyl/N-ethyl adjacent to an activating group) is 1. The summed E-state index contributed by atoms with van der Waals surface area (Å²) < 4.78 is 0. The van der Waals surface area contributed by atoms with E-state index < -0.39 is 0 Å². The van der Waals surface area contributed by atoms with E-state index in [1.165, 1.54) is 25.7 Å². The zero-order chi connectivity index (χ0) is 15.0. The highest BCUT2D eigenvalue weighted by Gasteiger charge is 2.42. The predicted molar refractivity (Wildman–Crippen MR) is 85.1 cm³/mol. The van der Waals surface area contributed by atoms with Crippen molar-refractivity contribution in [3.8, 4) is 0 Å². The Labute approximate surface area is 129 Å². The van der Waals surface area contributed by atoms with Gasteiger partial charge in [0.25, 0.3) is 0 Å². The molecule has 3 unspecified atom stereocenters. The minimum atomic E-state index is -0.367. The molecule has 1 heterocycles. The van der Waals surface area contributed by atoms with Crippen LogP contribution < -0.4 is 5.32 Å². The van der Waals surface area contributed by atoms with Gasteiger partial charge in [-0.25, -0.2) is 0 Å². The lowest BCUT2D eigenvalue weighted by atomic mass is 9.88. The van der Waals surface area contributed by atoms with E-state index in [0.717, 1.165) is 50.5 Å². The maximum atomic E-state index is 12.9. The maximum absolute atomic E-state index is 12.9. The first-order valence-corrected chi connectivity index (χ1v) is 8.70. The van der Waals surface area contributed by atoms with E-state index >= 15 is 0 Å². The third kappa shape index (κ3) is 2.98. The number of rotatable bonds is 4. The van der Waals surface area contributed by atoms with Gasteiger partial charge in [-0.2, -0.15) is 0 Å². The number of nitrogens with zero attached hydrogens (tertiary/aromatic N) is 2. The van der Waals surface area contributed by atoms with Crippen LogP contribution in [0, 0.1) is 17.8 Å². The Hall–Kier alpha value is -0.610. The van der Waals surface area contributed by atoms with E-state index in [0.29, 0.717) is 5.91 Å². The molecule has 0 aromatic rings. The molecule has 120 valence electrons. The number of fused-ring (bicyclic) bond motifs is 2. The van der Waals surface area contributed by atoms with Gasteiger partial charge in [-0.05, 0) is 50.9 Å². The quantitative estimate of drug-likeness (QED) is 0.854. The van der Waals surface area contributed by atoms with Gasteiger partial charge in [-0.3, -0.25) is 9.69 Å². The van der Waals surface area contributed by atoms with E-state index in [-0.39, 0.29) is 5.54 Å². The van der Waals surface area contributed by atoms with Gasteiger partial charge in [-0.1, -0.05) is 6.42 Å². The Morgan fingerprint density at radius 3 is 2.52 bits per heavy atom. The number of carbonyl (C=O) groups excluding carboxylic acids is 1. The second-order valence-electron chi connectivity index (χ2n) is 7.92. The van der Waals surface area contributed by atoms with E-state index in [9.17, 15) is 4.79 Å². The van der Waals surface area contributed by atoms with Crippen molar-refractivity contribution in [1.82, 2.24) is 15.1 Å². The van der Waals surface area contributed by atoms with Crippen LogP contribution in [-0.2, 0) is 4.79 Å². The molecule has 0 aromatic carbocycles. The summed E-state index contributed by atoms with van der Waals surface area (Å²) in [7, 11) is 2.01. The van der Waals surface area contributed by atoms with Gasteiger partial charge in [0.15, 0.2) is 0 Å². The zero-order valence-corrected chi connectivity index (χ0v) is 13.9. The number of carbonyl (C=O) groups is 1. The van der Waals surface area contributed by atoms with E-state index in [1.54, 1.807) is 0 Å². The number of nitrogens with one attached hydrogen (secondary N) is 1. The molecule has 1 N–H and O–H groups in total. The normalized spacial score (nSPS) is 33.4. The smallest absolute Gasteiger partial charge is 0.242 e. The topological polar surface area (TPSA) is 35.6 Å². The minimum Gasteiger partial charge on any atom is -0.344 e. The lowest BCUT2D eigenvalue weighted by Gasteiger charge is -2.42. The summed E-state index contributed by atoms with van der Waals surface area (Å²) >= 11 is 0. The van der Waals surface area contributed by atoms with Gasteiger partial charge in [0.2, 0.25) is 5.91 Å². The molecule has 3 atom stereocenters. The van der Waals surface area contributed by atoms with Crippen LogP contribution in [0.4, 0.5) is 0 Å². The van der Waals surface area contributed by atoms with Gasteiger partial charge >= 0.3 is 0 Å². The summed E-state index contributed by atoms with van der Waals surface area (Å²) in [6, 6.07) is 0. The van der Waals surface area contributed by atoms with Crippen LogP contribution in [0.25, 0.3) is 0 Å². The molecule has 0 aromatic heterocycles. The van der Waals surface area contributed by atoms with Crippen LogP contribution in [0.3, 0.4) is 0 Å². The van der Waals surface area contributed by atoms with E-state index in [1.807, 2.05) is 11.9 Å². The molecular formula is C17H31N3O. The van der Waals surface area contributed by atoms with Gasteiger partial charge in [0.05, 0.1) is 5.54 Å². The summed E-state index contributed by atoms with van der Waals surface area (Å²) in [5.74, 6) is 2.92. The van der Waals surface area contributed by atoms with Crippen molar-refractivity contribution in [3.63, 3.8) is 0 Å². The second kappa shape index (κ2) is 5.88. The molecule has 21 heavy (non-hydrogen) atoms. The van der Waals surface area contributed by atoms with Crippen LogP contribution >= 0.6 is 0 Å². The highest BCUT2D eigenvalue weighted by atomic mass is 16.2. The third-order valence-corrected chi connectivity index (χ3v) is 6.17. The standard InChI is InChI=1S/C17H31N3O/c1-17(2,20-8-6-18-7-9-20)16(21)19(3)12-15-11-13-4-5-14(15)10-13/h13-15,18H,4-12H2,1-3H3. The molecule has 0 radical (unpaired) electrons. The van der Waals surface area contributed by atoms with Crippen LogP contribution in [-0.4, -0.2) is 61.0 Å². The Balaban J connectivity index is 1.58. The molecule has 3 aliphatic rings. The minimum absolute atomic E-state index is 0.298. The fourth-order valence-corrected chi connectivity index (χ4v) is 4.86. The van der Waals surface area contributed by atoms with Crippen LogP contribution in [0.15, 0.2) is 0 Å². The number of amides is 1. The van der Waals surface area contributed by atoms with Crippen molar-refractivity contribution >= 4 is 5.91 Å². The highest BCUT2D eigenvalue weighted by molar-refractivity contribution is 5.85. The van der Waals surface area contributed by atoms with E-state index in [4.69, 9.17) is 0 Å². The van der Waals surface area contributed by atoms with E-state index in [2.05, 4.69) is 24.1 Å². The zero-order valence-electron chi connectivity index (χ0n) is 13.9. The third-order valence-electron chi connectivity index (χ3n) is 6.17. The van der Waals surface area contributed by atoms with Crippen LogP contribution in [0.5, 0.6) is 0 Å². The fraction of sp³-hybridized carbons (Fsp3) is 0.941. The Kier molecular flexibility index (Phi) is 4.28. The molecular weight excluding hydrogens is 262 g/mol. The second-order valence-corrected chi connectivity index (χ2v) is 7.92. The average Bonchev–Trinajstić information content (AvgIpc) is 3.10. The van der Waals surface area contributed by atoms with Crippen molar-refractivity contribution in [3.05, 3.63) is 0 Å². The first-order chi connectivity index (χ1) is 9.98. The molecule has 3 rings (SSSR count). The van der Waals surface area contributed by atoms with Crippen molar-refractivity contribution < 1.29 is 4.79 Å². The summed E-state index contributed by atoms with van der Waals surface area (Å²) in [4.78, 5) is 17.3.